The van der Waals surface area contributed by atoms with Gasteiger partial charge in [-0.1, -0.05) is 13.8 Å². The Bertz CT molecular complexity index is 139. The van der Waals surface area contributed by atoms with Gasteiger partial charge in [-0.05, 0) is 19.3 Å². The number of esters is 1. The van der Waals surface area contributed by atoms with Gasteiger partial charge in [-0.3, -0.25) is 4.79 Å². The van der Waals surface area contributed by atoms with E-state index in [1.165, 1.54) is 5.54 Å². The Labute approximate surface area is 72.2 Å². The third-order valence-corrected chi connectivity index (χ3v) is 1.41. The van der Waals surface area contributed by atoms with Crippen LogP contribution < -0.4 is 5.54 Å². The van der Waals surface area contributed by atoms with Crippen LogP contribution in [0.5, 0.6) is 0 Å². The zero-order chi connectivity index (χ0) is 9.56. The molecule has 0 aliphatic heterocycles. The van der Waals surface area contributed by atoms with Crippen LogP contribution in [0.2, 0.25) is 0 Å². The van der Waals surface area contributed by atoms with Crippen molar-refractivity contribution in [1.29, 1.82) is 0 Å². The Balaban J connectivity index is 3.87. The van der Waals surface area contributed by atoms with Gasteiger partial charge in [0.1, 0.15) is 6.04 Å². The van der Waals surface area contributed by atoms with Gasteiger partial charge in [0.15, 0.2) is 0 Å². The SMILES string of the molecule is CCOC(=O)C(CC(C)C)NF. The average molecular weight is 177 g/mol. The van der Waals surface area contributed by atoms with Crippen molar-refractivity contribution in [1.82, 2.24) is 5.54 Å². The molecule has 0 aliphatic carbocycles. The number of rotatable bonds is 5. The van der Waals surface area contributed by atoms with Crippen LogP contribution in [0.4, 0.5) is 4.48 Å². The molecule has 0 aromatic rings. The Hall–Kier alpha value is -0.640. The van der Waals surface area contributed by atoms with E-state index in [0.29, 0.717) is 6.42 Å². The summed E-state index contributed by atoms with van der Waals surface area (Å²) < 4.78 is 16.7. The molecular weight excluding hydrogens is 161 g/mol. The minimum atomic E-state index is -0.815. The second-order valence-electron chi connectivity index (χ2n) is 3.04. The van der Waals surface area contributed by atoms with Crippen LogP contribution in [-0.4, -0.2) is 18.6 Å². The fourth-order valence-corrected chi connectivity index (χ4v) is 0.900. The molecular formula is C8H16FNO2. The van der Waals surface area contributed by atoms with Crippen LogP contribution in [0.3, 0.4) is 0 Å². The number of hydrogen-bond donors (Lipinski definition) is 1. The second kappa shape index (κ2) is 5.94. The topological polar surface area (TPSA) is 38.3 Å². The van der Waals surface area contributed by atoms with E-state index in [1.807, 2.05) is 13.8 Å². The van der Waals surface area contributed by atoms with E-state index in [-0.39, 0.29) is 12.5 Å². The molecule has 0 amide bonds. The number of carbonyl (C=O) groups is 1. The van der Waals surface area contributed by atoms with Gasteiger partial charge < -0.3 is 4.74 Å². The van der Waals surface area contributed by atoms with Gasteiger partial charge in [0.05, 0.1) is 6.61 Å². The van der Waals surface area contributed by atoms with Gasteiger partial charge in [0, 0.05) is 0 Å². The Morgan fingerprint density at radius 1 is 1.58 bits per heavy atom. The first-order valence-corrected chi connectivity index (χ1v) is 4.14. The highest BCUT2D eigenvalue weighted by Crippen LogP contribution is 2.06. The summed E-state index contributed by atoms with van der Waals surface area (Å²) in [5.74, 6) is -0.253. The van der Waals surface area contributed by atoms with Crippen LogP contribution in [0.15, 0.2) is 0 Å². The molecule has 0 radical (unpaired) electrons. The number of nitrogens with one attached hydrogen (secondary N) is 1. The van der Waals surface area contributed by atoms with Crippen molar-refractivity contribution in [2.45, 2.75) is 33.2 Å². The predicted molar refractivity (Wildman–Crippen MR) is 44.1 cm³/mol. The molecule has 0 saturated carbocycles. The lowest BCUT2D eigenvalue weighted by molar-refractivity contribution is -0.147. The first-order chi connectivity index (χ1) is 5.61. The molecule has 0 bridgehead atoms. The van der Waals surface area contributed by atoms with Gasteiger partial charge in [0.2, 0.25) is 0 Å². The van der Waals surface area contributed by atoms with Gasteiger partial charge in [-0.15, -0.1) is 10.0 Å². The van der Waals surface area contributed by atoms with Crippen molar-refractivity contribution >= 4 is 5.97 Å². The summed E-state index contributed by atoms with van der Waals surface area (Å²) in [6.45, 7) is 5.82. The predicted octanol–water partition coefficient (Wildman–Crippen LogP) is 1.44. The highest BCUT2D eigenvalue weighted by atomic mass is 19.2. The van der Waals surface area contributed by atoms with Crippen molar-refractivity contribution in [3.63, 3.8) is 0 Å². The van der Waals surface area contributed by atoms with Crippen LogP contribution in [0.1, 0.15) is 27.2 Å². The summed E-state index contributed by atoms with van der Waals surface area (Å²) in [6, 6.07) is -0.815. The fraction of sp³-hybridized carbons (Fsp3) is 0.875. The first-order valence-electron chi connectivity index (χ1n) is 4.14. The van der Waals surface area contributed by atoms with E-state index in [9.17, 15) is 9.28 Å². The van der Waals surface area contributed by atoms with Gasteiger partial charge in [-0.2, -0.15) is 0 Å². The monoisotopic (exact) mass is 177 g/mol. The number of halogens is 1. The van der Waals surface area contributed by atoms with Crippen LogP contribution in [0, 0.1) is 5.92 Å². The van der Waals surface area contributed by atoms with Gasteiger partial charge >= 0.3 is 5.97 Å². The van der Waals surface area contributed by atoms with Crippen LogP contribution >= 0.6 is 0 Å². The summed E-state index contributed by atoms with van der Waals surface area (Å²) in [5.41, 5.74) is 1.44. The second-order valence-corrected chi connectivity index (χ2v) is 3.04. The Morgan fingerprint density at radius 2 is 2.17 bits per heavy atom. The van der Waals surface area contributed by atoms with E-state index >= 15 is 0 Å². The molecule has 3 nitrogen and oxygen atoms in total. The molecule has 4 heteroatoms. The molecule has 0 heterocycles. The summed E-state index contributed by atoms with van der Waals surface area (Å²) in [7, 11) is 0. The molecule has 1 unspecified atom stereocenters. The number of carbonyl (C=O) groups excluding carboxylic acids is 1. The van der Waals surface area contributed by atoms with Crippen LogP contribution in [-0.2, 0) is 9.53 Å². The fourth-order valence-electron chi connectivity index (χ4n) is 0.900. The van der Waals surface area contributed by atoms with Crippen molar-refractivity contribution in [3.05, 3.63) is 0 Å². The van der Waals surface area contributed by atoms with Crippen LogP contribution in [0.25, 0.3) is 0 Å². The lowest BCUT2D eigenvalue weighted by Crippen LogP contribution is -2.34. The zero-order valence-electron chi connectivity index (χ0n) is 7.76. The number of hydrogen-bond acceptors (Lipinski definition) is 3. The van der Waals surface area contributed by atoms with Gasteiger partial charge in [-0.25, -0.2) is 0 Å². The van der Waals surface area contributed by atoms with E-state index < -0.39 is 12.0 Å². The summed E-state index contributed by atoms with van der Waals surface area (Å²) >= 11 is 0. The highest BCUT2D eigenvalue weighted by molar-refractivity contribution is 5.75. The summed E-state index contributed by atoms with van der Waals surface area (Å²) in [6.07, 6.45) is 0.454. The third kappa shape index (κ3) is 4.28. The van der Waals surface area contributed by atoms with Crippen molar-refractivity contribution in [3.8, 4) is 0 Å². The lowest BCUT2D eigenvalue weighted by atomic mass is 10.1. The number of ether oxygens (including phenoxy) is 1. The quantitative estimate of drug-likeness (QED) is 0.510. The van der Waals surface area contributed by atoms with Crippen molar-refractivity contribution < 1.29 is 14.0 Å². The molecule has 0 saturated heterocycles. The first kappa shape index (κ1) is 11.4. The van der Waals surface area contributed by atoms with Crippen molar-refractivity contribution in [2.75, 3.05) is 6.61 Å². The average Bonchev–Trinajstić information content (AvgIpc) is 2.00. The normalized spacial score (nSPS) is 13.1. The molecule has 0 aromatic carbocycles. The zero-order valence-corrected chi connectivity index (χ0v) is 7.76. The molecule has 0 rings (SSSR count). The minimum absolute atomic E-state index is 0.266. The van der Waals surface area contributed by atoms with E-state index in [0.717, 1.165) is 0 Å². The third-order valence-electron chi connectivity index (χ3n) is 1.41. The minimum Gasteiger partial charge on any atom is -0.465 e. The van der Waals surface area contributed by atoms with E-state index in [4.69, 9.17) is 0 Å². The maximum atomic E-state index is 12.0. The van der Waals surface area contributed by atoms with E-state index in [1.54, 1.807) is 6.92 Å². The Kier molecular flexibility index (Phi) is 5.62. The molecule has 0 spiro atoms. The lowest BCUT2D eigenvalue weighted by Gasteiger charge is -2.13. The van der Waals surface area contributed by atoms with Gasteiger partial charge in [0.25, 0.3) is 0 Å². The maximum absolute atomic E-state index is 12.0. The molecule has 0 aromatic heterocycles. The largest absolute Gasteiger partial charge is 0.465 e. The molecule has 0 fully saturated rings. The van der Waals surface area contributed by atoms with E-state index in [2.05, 4.69) is 4.74 Å². The summed E-state index contributed by atoms with van der Waals surface area (Å²) in [5, 5.41) is 0. The summed E-state index contributed by atoms with van der Waals surface area (Å²) in [4.78, 5) is 11.0. The maximum Gasteiger partial charge on any atom is 0.325 e. The molecule has 1 atom stereocenters. The molecule has 72 valence electrons. The molecule has 1 N–H and O–H groups in total. The standard InChI is InChI=1S/C8H16FNO2/c1-4-12-8(11)7(10-9)5-6(2)3/h6-7,10H,4-5H2,1-3H3. The smallest absolute Gasteiger partial charge is 0.325 e. The van der Waals surface area contributed by atoms with Crippen molar-refractivity contribution in [2.24, 2.45) is 5.92 Å². The highest BCUT2D eigenvalue weighted by Gasteiger charge is 2.20. The Morgan fingerprint density at radius 3 is 2.50 bits per heavy atom. The molecule has 12 heavy (non-hydrogen) atoms. The molecule has 0 aliphatic rings.